The molecule has 0 unspecified atom stereocenters. The van der Waals surface area contributed by atoms with Crippen LogP contribution >= 0.6 is 0 Å². The van der Waals surface area contributed by atoms with Gasteiger partial charge in [0.15, 0.2) is 6.61 Å². The van der Waals surface area contributed by atoms with E-state index < -0.39 is 29.9 Å². The van der Waals surface area contributed by atoms with Crippen molar-refractivity contribution in [2.75, 3.05) is 6.61 Å². The highest BCUT2D eigenvalue weighted by Crippen LogP contribution is 2.19. The lowest BCUT2D eigenvalue weighted by molar-refractivity contribution is -0.148. The first kappa shape index (κ1) is 26.2. The normalized spacial score (nSPS) is 12.3. The third-order valence-electron chi connectivity index (χ3n) is 5.96. The van der Waals surface area contributed by atoms with Crippen molar-refractivity contribution in [3.8, 4) is 11.5 Å². The van der Waals surface area contributed by atoms with E-state index in [2.05, 4.69) is 20.5 Å². The van der Waals surface area contributed by atoms with Crippen LogP contribution in [0.4, 0.5) is 0 Å². The molecule has 0 fully saturated rings. The molecule has 4 aromatic rings. The molecule has 196 valence electrons. The maximum atomic E-state index is 13.4. The standard InChI is InChI=1S/C28H28N4O6/c29-38-28(36)25(15-19-16-30-23-9-5-4-8-22(19)23)32-27(35)24(14-18-10-12-20(33)13-11-18)31-26(34)17-37-21-6-2-1-3-7-21/h1-13,16,24-25,30,33H,14-15,17,29H2,(H,31,34)(H,32,35)/t24-,25+/m1/s1. The number of aromatic amines is 1. The van der Waals surface area contributed by atoms with Crippen LogP contribution in [0.25, 0.3) is 10.9 Å². The van der Waals surface area contributed by atoms with E-state index in [1.165, 1.54) is 12.1 Å². The molecule has 6 N–H and O–H groups in total. The molecule has 0 aliphatic heterocycles. The molecule has 3 aromatic carbocycles. The van der Waals surface area contributed by atoms with Gasteiger partial charge in [0.2, 0.25) is 5.91 Å². The van der Waals surface area contributed by atoms with Crippen molar-refractivity contribution in [1.82, 2.24) is 15.6 Å². The Morgan fingerprint density at radius 2 is 1.58 bits per heavy atom. The monoisotopic (exact) mass is 516 g/mol. The van der Waals surface area contributed by atoms with Crippen molar-refractivity contribution in [2.45, 2.75) is 24.9 Å². The highest BCUT2D eigenvalue weighted by atomic mass is 16.7. The first-order valence-electron chi connectivity index (χ1n) is 11.9. The zero-order chi connectivity index (χ0) is 26.9. The molecular weight excluding hydrogens is 488 g/mol. The number of hydrogen-bond donors (Lipinski definition) is 5. The Hall–Kier alpha value is -4.83. The predicted molar refractivity (Wildman–Crippen MR) is 140 cm³/mol. The van der Waals surface area contributed by atoms with Crippen molar-refractivity contribution >= 4 is 28.7 Å². The van der Waals surface area contributed by atoms with E-state index in [4.69, 9.17) is 10.6 Å². The van der Waals surface area contributed by atoms with E-state index in [0.29, 0.717) is 11.3 Å². The minimum atomic E-state index is -1.11. The van der Waals surface area contributed by atoms with Gasteiger partial charge in [-0.3, -0.25) is 9.59 Å². The summed E-state index contributed by atoms with van der Waals surface area (Å²) in [6, 6.07) is 20.4. The molecule has 0 aliphatic carbocycles. The van der Waals surface area contributed by atoms with Crippen molar-refractivity contribution < 1.29 is 29.1 Å². The molecule has 10 heteroatoms. The lowest BCUT2D eigenvalue weighted by Gasteiger charge is -2.22. The quantitative estimate of drug-likeness (QED) is 0.191. The largest absolute Gasteiger partial charge is 0.508 e. The van der Waals surface area contributed by atoms with Crippen LogP contribution in [0, 0.1) is 0 Å². The summed E-state index contributed by atoms with van der Waals surface area (Å²) in [6.45, 7) is -0.313. The van der Waals surface area contributed by atoms with Gasteiger partial charge < -0.3 is 30.3 Å². The molecule has 0 spiro atoms. The van der Waals surface area contributed by atoms with Gasteiger partial charge in [-0.05, 0) is 41.5 Å². The Morgan fingerprint density at radius 3 is 2.32 bits per heavy atom. The van der Waals surface area contributed by atoms with Crippen molar-refractivity contribution in [3.05, 3.63) is 96.2 Å². The van der Waals surface area contributed by atoms with Crippen LogP contribution in [-0.4, -0.2) is 46.6 Å². The van der Waals surface area contributed by atoms with Crippen LogP contribution in [-0.2, 0) is 32.1 Å². The third-order valence-corrected chi connectivity index (χ3v) is 5.96. The van der Waals surface area contributed by atoms with E-state index in [1.807, 2.05) is 30.3 Å². The fourth-order valence-electron chi connectivity index (χ4n) is 4.05. The summed E-state index contributed by atoms with van der Waals surface area (Å²) in [4.78, 5) is 46.1. The minimum absolute atomic E-state index is 0.0690. The van der Waals surface area contributed by atoms with E-state index in [-0.39, 0.29) is 25.2 Å². The number of benzene rings is 3. The van der Waals surface area contributed by atoms with Gasteiger partial charge in [0, 0.05) is 29.9 Å². The minimum Gasteiger partial charge on any atom is -0.508 e. The number of nitrogens with two attached hydrogens (primary N) is 1. The zero-order valence-corrected chi connectivity index (χ0v) is 20.4. The smallest absolute Gasteiger partial charge is 0.347 e. The maximum Gasteiger partial charge on any atom is 0.347 e. The lowest BCUT2D eigenvalue weighted by Crippen LogP contribution is -2.54. The van der Waals surface area contributed by atoms with E-state index in [0.717, 1.165) is 16.5 Å². The van der Waals surface area contributed by atoms with Crippen LogP contribution in [0.5, 0.6) is 11.5 Å². The van der Waals surface area contributed by atoms with E-state index >= 15 is 0 Å². The number of hydrogen-bond acceptors (Lipinski definition) is 7. The highest BCUT2D eigenvalue weighted by molar-refractivity contribution is 5.92. The van der Waals surface area contributed by atoms with Crippen LogP contribution in [0.3, 0.4) is 0 Å². The molecule has 1 aromatic heterocycles. The predicted octanol–water partition coefficient (Wildman–Crippen LogP) is 2.12. The van der Waals surface area contributed by atoms with Crippen LogP contribution in [0.2, 0.25) is 0 Å². The summed E-state index contributed by atoms with van der Waals surface area (Å²) in [6.07, 6.45) is 1.97. The van der Waals surface area contributed by atoms with Crippen molar-refractivity contribution in [2.24, 2.45) is 5.90 Å². The number of carbonyl (C=O) groups is 3. The van der Waals surface area contributed by atoms with E-state index in [9.17, 15) is 19.5 Å². The SMILES string of the molecule is NOC(=O)[C@H](Cc1c[nH]c2ccccc12)NC(=O)[C@@H](Cc1ccc(O)cc1)NC(=O)COc1ccccc1. The first-order chi connectivity index (χ1) is 18.4. The summed E-state index contributed by atoms with van der Waals surface area (Å²) in [5.41, 5.74) is 2.35. The number of phenolic OH excluding ortho intramolecular Hbond substituents is 1. The number of ether oxygens (including phenoxy) is 1. The van der Waals surface area contributed by atoms with Crippen LogP contribution < -0.4 is 21.3 Å². The number of phenols is 1. The number of para-hydroxylation sites is 2. The Kier molecular flexibility index (Phi) is 8.57. The number of carbonyl (C=O) groups excluding carboxylic acids is 3. The van der Waals surface area contributed by atoms with Gasteiger partial charge in [0.25, 0.3) is 5.91 Å². The summed E-state index contributed by atoms with van der Waals surface area (Å²) in [5.74, 6) is 3.77. The molecule has 1 heterocycles. The Labute approximate surface area is 218 Å². The second-order valence-electron chi connectivity index (χ2n) is 8.65. The van der Waals surface area contributed by atoms with Crippen molar-refractivity contribution in [3.63, 3.8) is 0 Å². The van der Waals surface area contributed by atoms with Gasteiger partial charge >= 0.3 is 5.97 Å². The summed E-state index contributed by atoms with van der Waals surface area (Å²) < 4.78 is 5.49. The average Bonchev–Trinajstić information content (AvgIpc) is 3.35. The summed E-state index contributed by atoms with van der Waals surface area (Å²) in [7, 11) is 0. The number of nitrogens with one attached hydrogen (secondary N) is 3. The molecule has 38 heavy (non-hydrogen) atoms. The third kappa shape index (κ3) is 6.89. The molecular formula is C28H28N4O6. The molecule has 0 aliphatic rings. The fraction of sp³-hybridized carbons (Fsp3) is 0.179. The molecule has 0 radical (unpaired) electrons. The highest BCUT2D eigenvalue weighted by Gasteiger charge is 2.29. The molecule has 2 atom stereocenters. The van der Waals surface area contributed by atoms with Gasteiger partial charge in [0.05, 0.1) is 0 Å². The fourth-order valence-corrected chi connectivity index (χ4v) is 4.05. The number of amides is 2. The topological polar surface area (TPSA) is 156 Å². The second kappa shape index (κ2) is 12.4. The maximum absolute atomic E-state index is 13.4. The number of aromatic hydroxyl groups is 1. The molecule has 0 saturated heterocycles. The summed E-state index contributed by atoms with van der Waals surface area (Å²) in [5, 5.41) is 15.8. The van der Waals surface area contributed by atoms with E-state index in [1.54, 1.807) is 42.6 Å². The summed E-state index contributed by atoms with van der Waals surface area (Å²) >= 11 is 0. The van der Waals surface area contributed by atoms with Crippen LogP contribution in [0.1, 0.15) is 11.1 Å². The molecule has 0 saturated carbocycles. The molecule has 10 nitrogen and oxygen atoms in total. The average molecular weight is 517 g/mol. The van der Waals surface area contributed by atoms with Gasteiger partial charge in [-0.1, -0.05) is 48.5 Å². The first-order valence-corrected chi connectivity index (χ1v) is 11.9. The Balaban J connectivity index is 1.49. The molecule has 4 rings (SSSR count). The Bertz CT molecular complexity index is 1390. The van der Waals surface area contributed by atoms with Gasteiger partial charge in [-0.2, -0.15) is 5.90 Å². The van der Waals surface area contributed by atoms with Gasteiger partial charge in [0.1, 0.15) is 23.6 Å². The van der Waals surface area contributed by atoms with Crippen LogP contribution in [0.15, 0.2) is 85.1 Å². The number of aromatic nitrogens is 1. The Morgan fingerprint density at radius 1 is 0.868 bits per heavy atom. The zero-order valence-electron chi connectivity index (χ0n) is 20.4. The molecule has 0 bridgehead atoms. The lowest BCUT2D eigenvalue weighted by atomic mass is 10.0. The molecule has 2 amide bonds. The van der Waals surface area contributed by atoms with Gasteiger partial charge in [-0.15, -0.1) is 0 Å². The number of fused-ring (bicyclic) bond motifs is 1. The number of rotatable bonds is 11. The second-order valence-corrected chi connectivity index (χ2v) is 8.65. The van der Waals surface area contributed by atoms with Crippen molar-refractivity contribution in [1.29, 1.82) is 0 Å². The van der Waals surface area contributed by atoms with Gasteiger partial charge in [-0.25, -0.2) is 4.79 Å². The number of H-pyrrole nitrogens is 1.